The van der Waals surface area contributed by atoms with Crippen molar-refractivity contribution in [2.45, 2.75) is 19.4 Å². The number of halogens is 2. The summed E-state index contributed by atoms with van der Waals surface area (Å²) in [5.74, 6) is -1.80. The second kappa shape index (κ2) is 7.44. The van der Waals surface area contributed by atoms with Gasteiger partial charge in [-0.3, -0.25) is 4.79 Å². The van der Waals surface area contributed by atoms with Crippen molar-refractivity contribution in [1.29, 1.82) is 0 Å². The van der Waals surface area contributed by atoms with Crippen LogP contribution in [0.4, 0.5) is 14.5 Å². The van der Waals surface area contributed by atoms with Crippen molar-refractivity contribution < 1.29 is 13.6 Å². The molecule has 0 radical (unpaired) electrons. The first-order chi connectivity index (χ1) is 13.1. The van der Waals surface area contributed by atoms with E-state index in [1.54, 1.807) is 18.5 Å². The van der Waals surface area contributed by atoms with Crippen LogP contribution in [0.3, 0.4) is 0 Å². The first-order valence-corrected chi connectivity index (χ1v) is 9.04. The first-order valence-electron chi connectivity index (χ1n) is 9.04. The van der Waals surface area contributed by atoms with Gasteiger partial charge in [0.1, 0.15) is 11.6 Å². The Bertz CT molecular complexity index is 979. The zero-order valence-corrected chi connectivity index (χ0v) is 14.8. The molecule has 0 spiro atoms. The van der Waals surface area contributed by atoms with Gasteiger partial charge in [0.05, 0.1) is 23.0 Å². The minimum Gasteiger partial charge on any atom is -0.329 e. The molecular formula is C20H20F2N4O. The minimum absolute atomic E-state index is 0.184. The Labute approximate surface area is 155 Å². The van der Waals surface area contributed by atoms with E-state index in [4.69, 9.17) is 0 Å². The van der Waals surface area contributed by atoms with Crippen molar-refractivity contribution in [1.82, 2.24) is 14.5 Å². The van der Waals surface area contributed by atoms with E-state index in [2.05, 4.69) is 19.8 Å². The summed E-state index contributed by atoms with van der Waals surface area (Å²) in [5.41, 5.74) is 1.80. The van der Waals surface area contributed by atoms with Gasteiger partial charge in [-0.1, -0.05) is 0 Å². The highest BCUT2D eigenvalue weighted by Crippen LogP contribution is 2.19. The Balaban J connectivity index is 1.49. The molecule has 1 fully saturated rings. The number of benzene rings is 2. The van der Waals surface area contributed by atoms with Crippen LogP contribution >= 0.6 is 0 Å². The average Bonchev–Trinajstić information content (AvgIpc) is 3.32. The summed E-state index contributed by atoms with van der Waals surface area (Å²) in [5, 5.41) is 2.41. The number of anilines is 1. The highest BCUT2D eigenvalue weighted by atomic mass is 19.1. The molecule has 4 rings (SSSR count). The lowest BCUT2D eigenvalue weighted by Gasteiger charge is -2.15. The van der Waals surface area contributed by atoms with Crippen molar-refractivity contribution in [3.63, 3.8) is 0 Å². The Morgan fingerprint density at radius 2 is 1.89 bits per heavy atom. The number of hydrogen-bond acceptors (Lipinski definition) is 3. The van der Waals surface area contributed by atoms with E-state index < -0.39 is 17.5 Å². The van der Waals surface area contributed by atoms with E-state index in [1.165, 1.54) is 12.8 Å². The van der Waals surface area contributed by atoms with E-state index >= 15 is 0 Å². The number of imidazole rings is 1. The number of nitrogens with zero attached hydrogens (tertiary/aromatic N) is 3. The summed E-state index contributed by atoms with van der Waals surface area (Å²) >= 11 is 0. The zero-order valence-electron chi connectivity index (χ0n) is 14.8. The van der Waals surface area contributed by atoms with Crippen molar-refractivity contribution in [3.8, 4) is 0 Å². The minimum atomic E-state index is -0.683. The number of nitrogens with one attached hydrogen (secondary N) is 1. The molecule has 1 N–H and O–H groups in total. The maximum absolute atomic E-state index is 13.7. The van der Waals surface area contributed by atoms with Crippen LogP contribution in [0.1, 0.15) is 23.2 Å². The van der Waals surface area contributed by atoms with E-state index in [0.29, 0.717) is 11.1 Å². The van der Waals surface area contributed by atoms with Crippen LogP contribution in [0.25, 0.3) is 11.0 Å². The summed E-state index contributed by atoms with van der Waals surface area (Å²) in [4.78, 5) is 19.2. The normalized spacial score (nSPS) is 14.7. The number of carbonyl (C=O) groups is 1. The Hall–Kier alpha value is -2.80. The number of likely N-dealkylation sites (tertiary alicyclic amines) is 1. The van der Waals surface area contributed by atoms with E-state index in [-0.39, 0.29) is 5.69 Å². The number of hydrogen-bond donors (Lipinski definition) is 1. The van der Waals surface area contributed by atoms with Crippen molar-refractivity contribution in [3.05, 3.63) is 59.9 Å². The van der Waals surface area contributed by atoms with Gasteiger partial charge in [0.2, 0.25) is 0 Å². The second-order valence-corrected chi connectivity index (χ2v) is 6.77. The molecule has 2 aromatic carbocycles. The van der Waals surface area contributed by atoms with Crippen molar-refractivity contribution in [2.75, 3.05) is 25.0 Å². The Kier molecular flexibility index (Phi) is 4.85. The maximum atomic E-state index is 13.7. The highest BCUT2D eigenvalue weighted by Gasteiger charge is 2.14. The molecule has 2 heterocycles. The molecule has 0 bridgehead atoms. The highest BCUT2D eigenvalue weighted by molar-refractivity contribution is 6.06. The van der Waals surface area contributed by atoms with Gasteiger partial charge in [0.25, 0.3) is 5.91 Å². The van der Waals surface area contributed by atoms with Gasteiger partial charge in [-0.25, -0.2) is 13.8 Å². The fourth-order valence-corrected chi connectivity index (χ4v) is 3.43. The van der Waals surface area contributed by atoms with Crippen LogP contribution in [0, 0.1) is 11.6 Å². The molecule has 5 nitrogen and oxygen atoms in total. The summed E-state index contributed by atoms with van der Waals surface area (Å²) < 4.78 is 29.0. The van der Waals surface area contributed by atoms with Gasteiger partial charge >= 0.3 is 0 Å². The molecule has 0 saturated carbocycles. The third-order valence-electron chi connectivity index (χ3n) is 4.92. The maximum Gasteiger partial charge on any atom is 0.255 e. The molecule has 1 amide bonds. The number of aromatic nitrogens is 2. The van der Waals surface area contributed by atoms with E-state index in [1.807, 2.05) is 6.07 Å². The molecule has 0 unspecified atom stereocenters. The number of fused-ring (bicyclic) bond motifs is 1. The summed E-state index contributed by atoms with van der Waals surface area (Å²) in [6.07, 6.45) is 4.29. The molecule has 7 heteroatoms. The lowest BCUT2D eigenvalue weighted by Crippen LogP contribution is -2.23. The van der Waals surface area contributed by atoms with Gasteiger partial charge in [0.15, 0.2) is 0 Å². The van der Waals surface area contributed by atoms with Crippen molar-refractivity contribution in [2.24, 2.45) is 0 Å². The molecule has 0 atom stereocenters. The third kappa shape index (κ3) is 3.83. The smallest absolute Gasteiger partial charge is 0.255 e. The van der Waals surface area contributed by atoms with Crippen LogP contribution in [0.15, 0.2) is 42.7 Å². The topological polar surface area (TPSA) is 50.2 Å². The second-order valence-electron chi connectivity index (χ2n) is 6.77. The quantitative estimate of drug-likeness (QED) is 0.746. The van der Waals surface area contributed by atoms with Crippen LogP contribution in [-0.4, -0.2) is 40.0 Å². The first kappa shape index (κ1) is 17.6. The summed E-state index contributed by atoms with van der Waals surface area (Å²) in [6.45, 7) is 4.12. The lowest BCUT2D eigenvalue weighted by atomic mass is 10.1. The van der Waals surface area contributed by atoms with Gasteiger partial charge in [-0.05, 0) is 56.3 Å². The molecule has 27 heavy (non-hydrogen) atoms. The molecule has 1 aromatic heterocycles. The molecule has 1 aliphatic rings. The van der Waals surface area contributed by atoms with Gasteiger partial charge in [-0.15, -0.1) is 0 Å². The lowest BCUT2D eigenvalue weighted by molar-refractivity contribution is 0.102. The molecular weight excluding hydrogens is 350 g/mol. The fourth-order valence-electron chi connectivity index (χ4n) is 3.43. The van der Waals surface area contributed by atoms with Gasteiger partial charge in [-0.2, -0.15) is 0 Å². The van der Waals surface area contributed by atoms with E-state index in [0.717, 1.165) is 49.9 Å². The standard InChI is InChI=1S/C20H20F2N4O/c21-15-4-5-16(22)17(12-15)24-20(27)14-3-6-19-18(11-14)23-13-26(19)10-9-25-7-1-2-8-25/h3-6,11-13H,1-2,7-10H2,(H,24,27). The number of amides is 1. The molecule has 140 valence electrons. The van der Waals surface area contributed by atoms with Crippen molar-refractivity contribution >= 4 is 22.6 Å². The third-order valence-corrected chi connectivity index (χ3v) is 4.92. The fraction of sp³-hybridized carbons (Fsp3) is 0.300. The Morgan fingerprint density at radius 1 is 1.07 bits per heavy atom. The average molecular weight is 370 g/mol. The van der Waals surface area contributed by atoms with Gasteiger partial charge in [0, 0.05) is 24.7 Å². The van der Waals surface area contributed by atoms with Gasteiger partial charge < -0.3 is 14.8 Å². The number of rotatable bonds is 5. The Morgan fingerprint density at radius 3 is 2.70 bits per heavy atom. The van der Waals surface area contributed by atoms with Crippen LogP contribution in [0.5, 0.6) is 0 Å². The SMILES string of the molecule is O=C(Nc1cc(F)ccc1F)c1ccc2c(c1)ncn2CCN1CCCC1. The van der Waals surface area contributed by atoms with E-state index in [9.17, 15) is 13.6 Å². The summed E-state index contributed by atoms with van der Waals surface area (Å²) in [7, 11) is 0. The van der Waals surface area contributed by atoms with Crippen LogP contribution < -0.4 is 5.32 Å². The zero-order chi connectivity index (χ0) is 18.8. The molecule has 3 aromatic rings. The van der Waals surface area contributed by atoms with Crippen LogP contribution in [-0.2, 0) is 6.54 Å². The molecule has 0 aliphatic carbocycles. The largest absolute Gasteiger partial charge is 0.329 e. The summed E-state index contributed by atoms with van der Waals surface area (Å²) in [6, 6.07) is 8.11. The predicted molar refractivity (Wildman–Crippen MR) is 99.7 cm³/mol. The molecule has 1 saturated heterocycles. The predicted octanol–water partition coefficient (Wildman–Crippen LogP) is 3.66. The number of carbonyl (C=O) groups excluding carboxylic acids is 1. The monoisotopic (exact) mass is 370 g/mol. The molecule has 1 aliphatic heterocycles. The van der Waals surface area contributed by atoms with Crippen LogP contribution in [0.2, 0.25) is 0 Å².